The van der Waals surface area contributed by atoms with Gasteiger partial charge < -0.3 is 16.0 Å². The standard InChI is InChI=1S/C21H29BN4O2/c1-15(2)6-16(3)10-24-12-20(27)26-13-21(28)25-11-17-4-5-18-8-22(14-23)9-19(18)7-17/h4-5,7,16,24H,1,6,8-13H2,2-3H3,(H,25,28)(H,26,27). The number of carbonyl (C=O) groups excluding carboxylic acids is 2. The van der Waals surface area contributed by atoms with Crippen LogP contribution in [-0.2, 0) is 28.8 Å². The fourth-order valence-electron chi connectivity index (χ4n) is 3.48. The first-order valence-electron chi connectivity index (χ1n) is 9.76. The fraction of sp³-hybridized carbons (Fsp3) is 0.476. The zero-order chi connectivity index (χ0) is 20.5. The minimum Gasteiger partial charge on any atom is -0.350 e. The van der Waals surface area contributed by atoms with E-state index in [1.54, 1.807) is 0 Å². The third-order valence-electron chi connectivity index (χ3n) is 4.80. The molecule has 0 radical (unpaired) electrons. The van der Waals surface area contributed by atoms with Gasteiger partial charge in [0.05, 0.1) is 13.1 Å². The molecule has 148 valence electrons. The van der Waals surface area contributed by atoms with Crippen LogP contribution < -0.4 is 16.0 Å². The molecule has 1 aliphatic rings. The van der Waals surface area contributed by atoms with E-state index in [0.29, 0.717) is 12.5 Å². The predicted molar refractivity (Wildman–Crippen MR) is 112 cm³/mol. The van der Waals surface area contributed by atoms with Crippen LogP contribution in [0.5, 0.6) is 0 Å². The first kappa shape index (κ1) is 21.7. The van der Waals surface area contributed by atoms with Crippen molar-refractivity contribution in [3.8, 4) is 5.97 Å². The number of allylic oxidation sites excluding steroid dienone is 1. The monoisotopic (exact) mass is 380 g/mol. The molecule has 2 amide bonds. The third kappa shape index (κ3) is 7.20. The lowest BCUT2D eigenvalue weighted by atomic mass is 9.49. The van der Waals surface area contributed by atoms with Crippen LogP contribution in [-0.4, -0.2) is 38.2 Å². The molecule has 6 nitrogen and oxygen atoms in total. The van der Waals surface area contributed by atoms with Crippen molar-refractivity contribution in [2.75, 3.05) is 19.6 Å². The topological polar surface area (TPSA) is 94.0 Å². The zero-order valence-electron chi connectivity index (χ0n) is 16.8. The van der Waals surface area contributed by atoms with Gasteiger partial charge >= 0.3 is 0 Å². The lowest BCUT2D eigenvalue weighted by molar-refractivity contribution is -0.125. The van der Waals surface area contributed by atoms with Gasteiger partial charge in [-0.2, -0.15) is 0 Å². The smallest absolute Gasteiger partial charge is 0.276 e. The molecule has 0 bridgehead atoms. The van der Waals surface area contributed by atoms with Gasteiger partial charge in [0.1, 0.15) is 0 Å². The number of hydrogen-bond acceptors (Lipinski definition) is 4. The molecule has 0 saturated carbocycles. The normalized spacial score (nSPS) is 13.4. The second-order valence-electron chi connectivity index (χ2n) is 7.79. The highest BCUT2D eigenvalue weighted by atomic mass is 16.2. The third-order valence-corrected chi connectivity index (χ3v) is 4.80. The van der Waals surface area contributed by atoms with E-state index in [2.05, 4.69) is 41.5 Å². The second kappa shape index (κ2) is 10.7. The summed E-state index contributed by atoms with van der Waals surface area (Å²) in [5.74, 6) is 2.32. The minimum absolute atomic E-state index is 0.0384. The average Bonchev–Trinajstić information content (AvgIpc) is 3.06. The van der Waals surface area contributed by atoms with Crippen molar-refractivity contribution >= 4 is 18.5 Å². The zero-order valence-corrected chi connectivity index (χ0v) is 16.8. The number of nitrogens with one attached hydrogen (secondary N) is 3. The highest BCUT2D eigenvalue weighted by molar-refractivity contribution is 6.66. The molecule has 1 aliphatic heterocycles. The lowest BCUT2D eigenvalue weighted by Gasteiger charge is -2.12. The quantitative estimate of drug-likeness (QED) is 0.422. The Bertz CT molecular complexity index is 772. The molecule has 1 aromatic rings. The summed E-state index contributed by atoms with van der Waals surface area (Å²) in [4.78, 5) is 23.8. The van der Waals surface area contributed by atoms with Crippen molar-refractivity contribution in [1.82, 2.24) is 16.0 Å². The molecule has 1 atom stereocenters. The molecule has 28 heavy (non-hydrogen) atoms. The number of amides is 2. The van der Waals surface area contributed by atoms with E-state index in [1.165, 1.54) is 11.1 Å². The maximum atomic E-state index is 12.0. The molecule has 2 rings (SSSR count). The number of nitriles is 1. The lowest BCUT2D eigenvalue weighted by Crippen LogP contribution is -2.41. The number of benzene rings is 1. The second-order valence-corrected chi connectivity index (χ2v) is 7.79. The van der Waals surface area contributed by atoms with Gasteiger partial charge in [0.2, 0.25) is 11.8 Å². The predicted octanol–water partition coefficient (Wildman–Crippen LogP) is 1.35. The van der Waals surface area contributed by atoms with E-state index in [9.17, 15) is 9.59 Å². The van der Waals surface area contributed by atoms with Crippen LogP contribution in [0.2, 0.25) is 0 Å². The van der Waals surface area contributed by atoms with Crippen molar-refractivity contribution in [2.45, 2.75) is 39.5 Å². The number of carbonyl (C=O) groups is 2. The van der Waals surface area contributed by atoms with Crippen molar-refractivity contribution in [3.05, 3.63) is 47.0 Å². The summed E-state index contributed by atoms with van der Waals surface area (Å²) in [5.41, 5.74) is 4.55. The molecular formula is C21H29BN4O2. The molecule has 0 saturated heterocycles. The van der Waals surface area contributed by atoms with E-state index < -0.39 is 0 Å². The number of rotatable bonds is 10. The average molecular weight is 380 g/mol. The van der Waals surface area contributed by atoms with Crippen LogP contribution >= 0.6 is 0 Å². The van der Waals surface area contributed by atoms with Crippen LogP contribution in [0.1, 0.15) is 37.0 Å². The summed E-state index contributed by atoms with van der Waals surface area (Å²) >= 11 is 0. The Hall–Kier alpha value is -2.59. The summed E-state index contributed by atoms with van der Waals surface area (Å²) < 4.78 is 0. The Morgan fingerprint density at radius 1 is 1.21 bits per heavy atom. The van der Waals surface area contributed by atoms with E-state index in [4.69, 9.17) is 5.26 Å². The number of fused-ring (bicyclic) bond motifs is 1. The summed E-state index contributed by atoms with van der Waals surface area (Å²) in [5, 5.41) is 17.6. The van der Waals surface area contributed by atoms with Gasteiger partial charge in [0.25, 0.3) is 6.71 Å². The minimum atomic E-state index is -0.223. The van der Waals surface area contributed by atoms with Gasteiger partial charge in [-0.15, -0.1) is 6.58 Å². The molecule has 1 aromatic carbocycles. The van der Waals surface area contributed by atoms with E-state index in [-0.39, 0.29) is 31.6 Å². The largest absolute Gasteiger partial charge is 0.350 e. The Balaban J connectivity index is 1.63. The fourth-order valence-corrected chi connectivity index (χ4v) is 3.48. The molecule has 1 unspecified atom stereocenters. The Morgan fingerprint density at radius 3 is 2.64 bits per heavy atom. The van der Waals surface area contributed by atoms with Crippen LogP contribution in [0.15, 0.2) is 30.4 Å². The SMILES string of the molecule is C=C(C)CC(C)CNCC(=O)NCC(=O)NCc1ccc2c(c1)CB(C#N)C2. The highest BCUT2D eigenvalue weighted by Gasteiger charge is 2.25. The summed E-state index contributed by atoms with van der Waals surface area (Å²) in [6.45, 7) is 9.35. The molecule has 0 aromatic heterocycles. The Morgan fingerprint density at radius 2 is 1.93 bits per heavy atom. The Labute approximate surface area is 167 Å². The molecule has 0 aliphatic carbocycles. The van der Waals surface area contributed by atoms with E-state index in [1.807, 2.05) is 19.1 Å². The van der Waals surface area contributed by atoms with Crippen LogP contribution in [0, 0.1) is 17.1 Å². The molecule has 3 N–H and O–H groups in total. The van der Waals surface area contributed by atoms with Gasteiger partial charge in [-0.3, -0.25) is 9.59 Å². The number of hydrogen-bond donors (Lipinski definition) is 3. The van der Waals surface area contributed by atoms with Crippen LogP contribution in [0.4, 0.5) is 0 Å². The van der Waals surface area contributed by atoms with Crippen molar-refractivity contribution in [3.63, 3.8) is 0 Å². The van der Waals surface area contributed by atoms with E-state index >= 15 is 0 Å². The maximum Gasteiger partial charge on any atom is 0.276 e. The number of nitrogens with zero attached hydrogens (tertiary/aromatic N) is 1. The van der Waals surface area contributed by atoms with Gasteiger partial charge in [-0.05, 0) is 44.0 Å². The summed E-state index contributed by atoms with van der Waals surface area (Å²) in [6, 6.07) is 6.07. The summed E-state index contributed by atoms with van der Waals surface area (Å²) in [6.07, 6.45) is 2.52. The van der Waals surface area contributed by atoms with Crippen LogP contribution in [0.3, 0.4) is 0 Å². The highest BCUT2D eigenvalue weighted by Crippen LogP contribution is 2.22. The van der Waals surface area contributed by atoms with Gasteiger partial charge in [0.15, 0.2) is 0 Å². The molecule has 0 spiro atoms. The first-order valence-corrected chi connectivity index (χ1v) is 9.76. The van der Waals surface area contributed by atoms with Crippen molar-refractivity contribution < 1.29 is 9.59 Å². The van der Waals surface area contributed by atoms with E-state index in [0.717, 1.165) is 36.7 Å². The molecule has 1 heterocycles. The summed E-state index contributed by atoms with van der Waals surface area (Å²) in [7, 11) is 0. The Kier molecular flexibility index (Phi) is 8.28. The van der Waals surface area contributed by atoms with Crippen molar-refractivity contribution in [2.24, 2.45) is 5.92 Å². The van der Waals surface area contributed by atoms with Crippen LogP contribution in [0.25, 0.3) is 0 Å². The molecule has 0 fully saturated rings. The molecular weight excluding hydrogens is 351 g/mol. The van der Waals surface area contributed by atoms with Crippen molar-refractivity contribution in [1.29, 1.82) is 5.26 Å². The molecule has 7 heteroatoms. The van der Waals surface area contributed by atoms with Gasteiger partial charge in [0, 0.05) is 12.5 Å². The van der Waals surface area contributed by atoms with Gasteiger partial charge in [-0.25, -0.2) is 5.26 Å². The first-order chi connectivity index (χ1) is 13.4. The maximum absolute atomic E-state index is 12.0. The van der Waals surface area contributed by atoms with Gasteiger partial charge in [-0.1, -0.05) is 41.8 Å².